The molecule has 0 aliphatic heterocycles. The van der Waals surface area contributed by atoms with Gasteiger partial charge in [0.2, 0.25) is 0 Å². The molecule has 0 aromatic heterocycles. The Bertz CT molecular complexity index is 624. The highest BCUT2D eigenvalue weighted by atomic mass is 19.4. The number of alkyl halides is 3. The van der Waals surface area contributed by atoms with Crippen molar-refractivity contribution in [1.82, 2.24) is 4.90 Å². The molecule has 0 aliphatic carbocycles. The number of carbonyl (C=O) groups is 1. The quantitative estimate of drug-likeness (QED) is 0.777. The van der Waals surface area contributed by atoms with Gasteiger partial charge in [0, 0.05) is 12.0 Å². The third-order valence-corrected chi connectivity index (χ3v) is 3.35. The Hall–Kier alpha value is -2.03. The van der Waals surface area contributed by atoms with Crippen molar-refractivity contribution in [3.05, 3.63) is 29.6 Å². The molecule has 2 N–H and O–H groups in total. The van der Waals surface area contributed by atoms with E-state index in [2.05, 4.69) is 4.74 Å². The largest absolute Gasteiger partial charge is 0.573 e. The van der Waals surface area contributed by atoms with E-state index >= 15 is 0 Å². The number of hydrogen-bond donors (Lipinski definition) is 2. The number of nitrogens with zero attached hydrogens (tertiary/aromatic N) is 1. The second-order valence-electron chi connectivity index (χ2n) is 7.03. The third-order valence-electron chi connectivity index (χ3n) is 3.35. The Morgan fingerprint density at radius 1 is 1.20 bits per heavy atom. The summed E-state index contributed by atoms with van der Waals surface area (Å²) in [6, 6.07) is 2.81. The molecule has 0 saturated carbocycles. The van der Waals surface area contributed by atoms with E-state index in [0.717, 1.165) is 17.0 Å². The summed E-state index contributed by atoms with van der Waals surface area (Å²) < 4.78 is 53.7. The summed E-state index contributed by atoms with van der Waals surface area (Å²) in [5, 5.41) is 19.7. The molecule has 5 nitrogen and oxygen atoms in total. The van der Waals surface area contributed by atoms with Crippen molar-refractivity contribution in [3.8, 4) is 5.75 Å². The van der Waals surface area contributed by atoms with Gasteiger partial charge in [0.25, 0.3) is 0 Å². The highest BCUT2D eigenvalue weighted by molar-refractivity contribution is 5.66. The maximum absolute atomic E-state index is 13.7. The highest BCUT2D eigenvalue weighted by Crippen LogP contribution is 2.28. The van der Waals surface area contributed by atoms with Crippen LogP contribution in [0.4, 0.5) is 22.4 Å². The van der Waals surface area contributed by atoms with Crippen LogP contribution in [0.5, 0.6) is 5.75 Å². The molecule has 0 aliphatic rings. The molecule has 1 aromatic rings. The first-order chi connectivity index (χ1) is 11.1. The lowest BCUT2D eigenvalue weighted by atomic mass is 9.93. The molecule has 1 atom stereocenters. The Morgan fingerprint density at radius 3 is 2.16 bits per heavy atom. The van der Waals surface area contributed by atoms with Gasteiger partial charge in [-0.05, 0) is 45.4 Å². The Kier molecular flexibility index (Phi) is 5.94. The average Bonchev–Trinajstić information content (AvgIpc) is 2.36. The van der Waals surface area contributed by atoms with E-state index in [1.807, 2.05) is 0 Å². The fourth-order valence-electron chi connectivity index (χ4n) is 2.29. The minimum Gasteiger partial charge on any atom is -0.465 e. The minimum absolute atomic E-state index is 0.157. The normalized spacial score (nSPS) is 14.8. The first-order valence-corrected chi connectivity index (χ1v) is 7.38. The van der Waals surface area contributed by atoms with Gasteiger partial charge in [-0.15, -0.1) is 13.2 Å². The molecule has 1 amide bonds. The fraction of sp³-hybridized carbons (Fsp3) is 0.562. The van der Waals surface area contributed by atoms with Gasteiger partial charge >= 0.3 is 12.5 Å². The molecule has 25 heavy (non-hydrogen) atoms. The standard InChI is InChI=1S/C16H21F4NO4/c1-14(2,3)21(13(22)23)9-15(4,24)8-10-5-6-12(11(17)7-10)25-16(18,19)20/h5-7,24H,8-9H2,1-4H3,(H,22,23). The monoisotopic (exact) mass is 367 g/mol. The number of ether oxygens (including phenoxy) is 1. The van der Waals surface area contributed by atoms with E-state index in [1.165, 1.54) is 13.0 Å². The van der Waals surface area contributed by atoms with Crippen LogP contribution in [0.1, 0.15) is 33.3 Å². The van der Waals surface area contributed by atoms with E-state index in [1.54, 1.807) is 20.8 Å². The van der Waals surface area contributed by atoms with Crippen LogP contribution >= 0.6 is 0 Å². The molecule has 1 unspecified atom stereocenters. The van der Waals surface area contributed by atoms with Crippen LogP contribution in [0, 0.1) is 5.82 Å². The van der Waals surface area contributed by atoms with Gasteiger partial charge in [-0.25, -0.2) is 9.18 Å². The van der Waals surface area contributed by atoms with Gasteiger partial charge in [0.05, 0.1) is 12.1 Å². The molecule has 1 aromatic carbocycles. The van der Waals surface area contributed by atoms with Crippen molar-refractivity contribution in [2.24, 2.45) is 0 Å². The highest BCUT2D eigenvalue weighted by Gasteiger charge is 2.35. The van der Waals surface area contributed by atoms with Gasteiger partial charge in [-0.1, -0.05) is 6.07 Å². The number of halogens is 4. The summed E-state index contributed by atoms with van der Waals surface area (Å²) >= 11 is 0. The van der Waals surface area contributed by atoms with Crippen LogP contribution in [0.15, 0.2) is 18.2 Å². The zero-order valence-electron chi connectivity index (χ0n) is 14.3. The molecule has 1 rings (SSSR count). The number of β-amino-alcohol motifs (C(OH)–C–C–N with tert-alkyl or cyclic N) is 1. The summed E-state index contributed by atoms with van der Waals surface area (Å²) in [5.41, 5.74) is -2.12. The van der Waals surface area contributed by atoms with Gasteiger partial charge in [-0.3, -0.25) is 0 Å². The minimum atomic E-state index is -5.01. The number of carboxylic acid groups (broad SMARTS) is 1. The zero-order chi connectivity index (χ0) is 19.6. The molecule has 142 valence electrons. The van der Waals surface area contributed by atoms with E-state index in [-0.39, 0.29) is 18.5 Å². The summed E-state index contributed by atoms with van der Waals surface area (Å²) in [6.45, 7) is 6.07. The van der Waals surface area contributed by atoms with E-state index in [4.69, 9.17) is 0 Å². The summed E-state index contributed by atoms with van der Waals surface area (Å²) in [6.07, 6.45) is -6.40. The van der Waals surface area contributed by atoms with Crippen LogP contribution in [-0.2, 0) is 6.42 Å². The molecule has 0 bridgehead atoms. The Labute approximate surface area is 142 Å². The van der Waals surface area contributed by atoms with Crippen LogP contribution in [-0.4, -0.2) is 45.3 Å². The number of hydrogen-bond acceptors (Lipinski definition) is 3. The van der Waals surface area contributed by atoms with Crippen molar-refractivity contribution < 1.29 is 37.3 Å². The van der Waals surface area contributed by atoms with Gasteiger partial charge in [0.15, 0.2) is 11.6 Å². The van der Waals surface area contributed by atoms with Crippen LogP contribution < -0.4 is 4.74 Å². The predicted molar refractivity (Wildman–Crippen MR) is 81.9 cm³/mol. The lowest BCUT2D eigenvalue weighted by Gasteiger charge is -2.38. The number of benzene rings is 1. The van der Waals surface area contributed by atoms with Crippen molar-refractivity contribution in [3.63, 3.8) is 0 Å². The lowest BCUT2D eigenvalue weighted by Crippen LogP contribution is -2.52. The second-order valence-corrected chi connectivity index (χ2v) is 7.03. The first kappa shape index (κ1) is 21.0. The molecule has 0 spiro atoms. The second kappa shape index (κ2) is 7.07. The molecular formula is C16H21F4NO4. The number of rotatable bonds is 5. The molecular weight excluding hydrogens is 346 g/mol. The van der Waals surface area contributed by atoms with Crippen molar-refractivity contribution in [2.75, 3.05) is 6.54 Å². The maximum Gasteiger partial charge on any atom is 0.573 e. The van der Waals surface area contributed by atoms with Crippen LogP contribution in [0.25, 0.3) is 0 Å². The van der Waals surface area contributed by atoms with Crippen molar-refractivity contribution >= 4 is 6.09 Å². The Morgan fingerprint density at radius 2 is 1.76 bits per heavy atom. The smallest absolute Gasteiger partial charge is 0.465 e. The van der Waals surface area contributed by atoms with Crippen LogP contribution in [0.2, 0.25) is 0 Å². The van der Waals surface area contributed by atoms with Crippen LogP contribution in [0.3, 0.4) is 0 Å². The molecule has 0 radical (unpaired) electrons. The van der Waals surface area contributed by atoms with E-state index in [9.17, 15) is 32.6 Å². The molecule has 9 heteroatoms. The van der Waals surface area contributed by atoms with E-state index < -0.39 is 35.2 Å². The van der Waals surface area contributed by atoms with Gasteiger partial charge in [-0.2, -0.15) is 0 Å². The maximum atomic E-state index is 13.7. The number of amides is 1. The van der Waals surface area contributed by atoms with Gasteiger partial charge < -0.3 is 19.8 Å². The molecule has 0 heterocycles. The predicted octanol–water partition coefficient (Wildman–Crippen LogP) is 3.80. The van der Waals surface area contributed by atoms with Crippen molar-refractivity contribution in [1.29, 1.82) is 0 Å². The van der Waals surface area contributed by atoms with E-state index in [0.29, 0.717) is 0 Å². The first-order valence-electron chi connectivity index (χ1n) is 7.38. The SMILES string of the molecule is CC(O)(Cc1ccc(OC(F)(F)F)c(F)c1)CN(C(=O)O)C(C)(C)C. The van der Waals surface area contributed by atoms with Crippen molar-refractivity contribution in [2.45, 2.75) is 51.6 Å². The molecule has 0 fully saturated rings. The third kappa shape index (κ3) is 6.77. The van der Waals surface area contributed by atoms with Gasteiger partial charge in [0.1, 0.15) is 0 Å². The topological polar surface area (TPSA) is 70.0 Å². The average molecular weight is 367 g/mol. The fourth-order valence-corrected chi connectivity index (χ4v) is 2.29. The summed E-state index contributed by atoms with van der Waals surface area (Å²) in [7, 11) is 0. The summed E-state index contributed by atoms with van der Waals surface area (Å²) in [5.74, 6) is -2.20. The lowest BCUT2D eigenvalue weighted by molar-refractivity contribution is -0.275. The number of aliphatic hydroxyl groups is 1. The summed E-state index contributed by atoms with van der Waals surface area (Å²) in [4.78, 5) is 12.4. The zero-order valence-corrected chi connectivity index (χ0v) is 14.3. The Balaban J connectivity index is 2.93. The molecule has 0 saturated heterocycles.